The molecule has 0 atom stereocenters. The van der Waals surface area contributed by atoms with Crippen LogP contribution in [0.1, 0.15) is 19.8 Å². The van der Waals surface area contributed by atoms with Crippen molar-refractivity contribution in [1.82, 2.24) is 4.98 Å². The van der Waals surface area contributed by atoms with Crippen LogP contribution < -0.4 is 10.0 Å². The van der Waals surface area contributed by atoms with Crippen LogP contribution in [0.2, 0.25) is 0 Å². The van der Waals surface area contributed by atoms with Crippen molar-refractivity contribution < 1.29 is 8.42 Å². The highest BCUT2D eigenvalue weighted by molar-refractivity contribution is 7.92. The molecule has 0 aliphatic heterocycles. The number of nitrogens with zero attached hydrogens (tertiary/aromatic N) is 1. The van der Waals surface area contributed by atoms with Gasteiger partial charge in [0.1, 0.15) is 5.82 Å². The second kappa shape index (κ2) is 4.29. The molecular formula is C10H15N3O2S. The molecule has 1 aromatic heterocycles. The Labute approximate surface area is 95.3 Å². The summed E-state index contributed by atoms with van der Waals surface area (Å²) >= 11 is 0. The van der Waals surface area contributed by atoms with E-state index < -0.39 is 10.0 Å². The van der Waals surface area contributed by atoms with Crippen molar-refractivity contribution in [3.8, 4) is 0 Å². The topological polar surface area (TPSA) is 71.1 Å². The molecule has 0 bridgehead atoms. The van der Waals surface area contributed by atoms with Crippen LogP contribution in [-0.2, 0) is 10.0 Å². The second-order valence-electron chi connectivity index (χ2n) is 3.86. The van der Waals surface area contributed by atoms with Crippen LogP contribution >= 0.6 is 0 Å². The number of aromatic nitrogens is 1. The Kier molecular flexibility index (Phi) is 3.00. The molecule has 0 radical (unpaired) electrons. The fourth-order valence-electron chi connectivity index (χ4n) is 1.23. The maximum absolute atomic E-state index is 11.3. The molecule has 1 saturated carbocycles. The van der Waals surface area contributed by atoms with Gasteiger partial charge in [0, 0.05) is 6.04 Å². The van der Waals surface area contributed by atoms with Crippen molar-refractivity contribution in [1.29, 1.82) is 0 Å². The lowest BCUT2D eigenvalue weighted by Crippen LogP contribution is -2.15. The first kappa shape index (κ1) is 11.2. The summed E-state index contributed by atoms with van der Waals surface area (Å²) in [6.45, 7) is 1.59. The van der Waals surface area contributed by atoms with Gasteiger partial charge in [0.2, 0.25) is 10.0 Å². The number of hydrogen-bond acceptors (Lipinski definition) is 4. The van der Waals surface area contributed by atoms with Gasteiger partial charge in [-0.2, -0.15) is 0 Å². The SMILES string of the molecule is CCS(=O)(=O)Nc1ccc(NC2CC2)cn1. The molecule has 1 aromatic rings. The minimum Gasteiger partial charge on any atom is -0.381 e. The van der Waals surface area contributed by atoms with Gasteiger partial charge in [-0.3, -0.25) is 4.72 Å². The lowest BCUT2D eigenvalue weighted by molar-refractivity contribution is 0.602. The van der Waals surface area contributed by atoms with E-state index in [-0.39, 0.29) is 5.75 Å². The van der Waals surface area contributed by atoms with Crippen LogP contribution in [-0.4, -0.2) is 25.2 Å². The minimum absolute atomic E-state index is 0.0523. The van der Waals surface area contributed by atoms with E-state index in [1.807, 2.05) is 6.07 Å². The smallest absolute Gasteiger partial charge is 0.233 e. The summed E-state index contributed by atoms with van der Waals surface area (Å²) in [6.07, 6.45) is 4.04. The van der Waals surface area contributed by atoms with Crippen LogP contribution in [0.25, 0.3) is 0 Å². The molecule has 1 aliphatic carbocycles. The van der Waals surface area contributed by atoms with E-state index in [4.69, 9.17) is 0 Å². The third-order valence-corrected chi connectivity index (χ3v) is 3.63. The molecule has 0 spiro atoms. The van der Waals surface area contributed by atoms with E-state index in [1.165, 1.54) is 12.8 Å². The van der Waals surface area contributed by atoms with Gasteiger partial charge in [0.05, 0.1) is 17.6 Å². The zero-order valence-corrected chi connectivity index (χ0v) is 9.92. The van der Waals surface area contributed by atoms with Gasteiger partial charge in [-0.25, -0.2) is 13.4 Å². The zero-order chi connectivity index (χ0) is 11.6. The number of nitrogens with one attached hydrogen (secondary N) is 2. The van der Waals surface area contributed by atoms with Gasteiger partial charge >= 0.3 is 0 Å². The van der Waals surface area contributed by atoms with E-state index in [9.17, 15) is 8.42 Å². The summed E-state index contributed by atoms with van der Waals surface area (Å²) in [5, 5.41) is 3.28. The molecule has 2 rings (SSSR count). The quantitative estimate of drug-likeness (QED) is 0.817. The lowest BCUT2D eigenvalue weighted by Gasteiger charge is -2.07. The van der Waals surface area contributed by atoms with E-state index in [1.54, 1.807) is 19.2 Å². The predicted octanol–water partition coefficient (Wildman–Crippen LogP) is 1.42. The molecule has 6 heteroatoms. The molecule has 0 amide bonds. The Morgan fingerprint density at radius 1 is 1.44 bits per heavy atom. The highest BCUT2D eigenvalue weighted by Crippen LogP contribution is 2.24. The number of anilines is 2. The van der Waals surface area contributed by atoms with Crippen molar-refractivity contribution >= 4 is 21.5 Å². The maximum Gasteiger partial charge on any atom is 0.233 e. The van der Waals surface area contributed by atoms with Crippen molar-refractivity contribution in [3.05, 3.63) is 18.3 Å². The summed E-state index contributed by atoms with van der Waals surface area (Å²) in [6, 6.07) is 4.07. The van der Waals surface area contributed by atoms with Gasteiger partial charge in [-0.05, 0) is 31.9 Å². The van der Waals surface area contributed by atoms with Gasteiger partial charge in [-0.15, -0.1) is 0 Å². The Hall–Kier alpha value is -1.30. The third kappa shape index (κ3) is 3.10. The average molecular weight is 241 g/mol. The Morgan fingerprint density at radius 2 is 2.19 bits per heavy atom. The normalized spacial score (nSPS) is 15.8. The summed E-state index contributed by atoms with van der Waals surface area (Å²) in [7, 11) is -3.23. The summed E-state index contributed by atoms with van der Waals surface area (Å²) in [5.41, 5.74) is 0.932. The van der Waals surface area contributed by atoms with E-state index in [0.29, 0.717) is 11.9 Å². The molecule has 88 valence electrons. The number of hydrogen-bond donors (Lipinski definition) is 2. The molecule has 1 heterocycles. The highest BCUT2D eigenvalue weighted by atomic mass is 32.2. The molecular weight excluding hydrogens is 226 g/mol. The largest absolute Gasteiger partial charge is 0.381 e. The number of rotatable bonds is 5. The second-order valence-corrected chi connectivity index (χ2v) is 5.87. The van der Waals surface area contributed by atoms with Crippen LogP contribution in [0.15, 0.2) is 18.3 Å². The summed E-state index contributed by atoms with van der Waals surface area (Å²) in [5.74, 6) is 0.416. The van der Waals surface area contributed by atoms with Gasteiger partial charge in [-0.1, -0.05) is 0 Å². The Bertz CT molecular complexity index is 451. The summed E-state index contributed by atoms with van der Waals surface area (Å²) < 4.78 is 24.9. The third-order valence-electron chi connectivity index (χ3n) is 2.35. The molecule has 2 N–H and O–H groups in total. The number of pyridine rings is 1. The first-order valence-corrected chi connectivity index (χ1v) is 6.97. The standard InChI is InChI=1S/C10H15N3O2S/c1-2-16(14,15)13-10-6-5-9(7-11-10)12-8-3-4-8/h5-8,12H,2-4H2,1H3,(H,11,13). The Balaban J connectivity index is 2.01. The molecule has 5 nitrogen and oxygen atoms in total. The average Bonchev–Trinajstić information content (AvgIpc) is 3.05. The zero-order valence-electron chi connectivity index (χ0n) is 9.10. The fourth-order valence-corrected chi connectivity index (χ4v) is 1.82. The molecule has 0 aromatic carbocycles. The van der Waals surface area contributed by atoms with Crippen LogP contribution in [0.4, 0.5) is 11.5 Å². The Morgan fingerprint density at radius 3 is 2.69 bits per heavy atom. The minimum atomic E-state index is -3.23. The number of sulfonamides is 1. The van der Waals surface area contributed by atoms with Crippen molar-refractivity contribution in [3.63, 3.8) is 0 Å². The van der Waals surface area contributed by atoms with Crippen molar-refractivity contribution in [2.75, 3.05) is 15.8 Å². The van der Waals surface area contributed by atoms with Crippen LogP contribution in [0.5, 0.6) is 0 Å². The van der Waals surface area contributed by atoms with Gasteiger partial charge in [0.15, 0.2) is 0 Å². The maximum atomic E-state index is 11.3. The van der Waals surface area contributed by atoms with Gasteiger partial charge < -0.3 is 5.32 Å². The van der Waals surface area contributed by atoms with E-state index in [2.05, 4.69) is 15.0 Å². The molecule has 1 fully saturated rings. The molecule has 0 unspecified atom stereocenters. The molecule has 0 saturated heterocycles. The highest BCUT2D eigenvalue weighted by Gasteiger charge is 2.20. The monoisotopic (exact) mass is 241 g/mol. The predicted molar refractivity (Wildman–Crippen MR) is 64.0 cm³/mol. The van der Waals surface area contributed by atoms with Crippen molar-refractivity contribution in [2.24, 2.45) is 0 Å². The van der Waals surface area contributed by atoms with E-state index in [0.717, 1.165) is 5.69 Å². The lowest BCUT2D eigenvalue weighted by atomic mass is 10.4. The van der Waals surface area contributed by atoms with Crippen molar-refractivity contribution in [2.45, 2.75) is 25.8 Å². The first-order chi connectivity index (χ1) is 7.59. The molecule has 1 aliphatic rings. The van der Waals surface area contributed by atoms with Gasteiger partial charge in [0.25, 0.3) is 0 Å². The van der Waals surface area contributed by atoms with E-state index >= 15 is 0 Å². The van der Waals surface area contributed by atoms with Crippen LogP contribution in [0, 0.1) is 0 Å². The first-order valence-electron chi connectivity index (χ1n) is 5.32. The van der Waals surface area contributed by atoms with Crippen LogP contribution in [0.3, 0.4) is 0 Å². The summed E-state index contributed by atoms with van der Waals surface area (Å²) in [4.78, 5) is 4.04. The fraction of sp³-hybridized carbons (Fsp3) is 0.500. The molecule has 16 heavy (non-hydrogen) atoms.